The number of likely N-dealkylation sites (tertiary alicyclic amines) is 1. The van der Waals surface area contributed by atoms with Gasteiger partial charge in [0.15, 0.2) is 11.5 Å². The number of nitrogens with one attached hydrogen (secondary N) is 1. The lowest BCUT2D eigenvalue weighted by Crippen LogP contribution is -2.50. The number of primary amides is 1. The molecule has 22 heavy (non-hydrogen) atoms. The van der Waals surface area contributed by atoms with Crippen LogP contribution in [0.25, 0.3) is 0 Å². The van der Waals surface area contributed by atoms with Gasteiger partial charge in [0.05, 0.1) is 13.7 Å². The van der Waals surface area contributed by atoms with Crippen LogP contribution in [0.5, 0.6) is 11.5 Å². The third kappa shape index (κ3) is 3.82. The Balaban J connectivity index is 2.29. The molecule has 3 N–H and O–H groups in total. The smallest absolute Gasteiger partial charge is 0.312 e. The van der Waals surface area contributed by atoms with Crippen LogP contribution in [0, 0.1) is 0 Å². The number of urea groups is 1. The molecule has 0 saturated carbocycles. The van der Waals surface area contributed by atoms with Crippen molar-refractivity contribution in [3.05, 3.63) is 23.8 Å². The summed E-state index contributed by atoms with van der Waals surface area (Å²) in [6.45, 7) is 4.32. The Morgan fingerprint density at radius 3 is 2.86 bits per heavy atom. The molecule has 0 bridgehead atoms. The van der Waals surface area contributed by atoms with Crippen molar-refractivity contribution in [2.45, 2.75) is 25.3 Å². The molecule has 1 aromatic carbocycles. The number of rotatable bonds is 5. The fourth-order valence-electron chi connectivity index (χ4n) is 3.00. The first-order valence-corrected chi connectivity index (χ1v) is 7.60. The van der Waals surface area contributed by atoms with E-state index in [1.54, 1.807) is 7.11 Å². The first-order valence-electron chi connectivity index (χ1n) is 7.60. The molecule has 1 aromatic rings. The van der Waals surface area contributed by atoms with Crippen molar-refractivity contribution in [2.24, 2.45) is 5.73 Å². The van der Waals surface area contributed by atoms with Gasteiger partial charge in [-0.1, -0.05) is 6.07 Å². The third-order valence-electron chi connectivity index (χ3n) is 4.06. The van der Waals surface area contributed by atoms with E-state index in [0.29, 0.717) is 12.4 Å². The highest BCUT2D eigenvalue weighted by molar-refractivity contribution is 5.72. The monoisotopic (exact) mass is 307 g/mol. The van der Waals surface area contributed by atoms with Gasteiger partial charge in [-0.3, -0.25) is 0 Å². The lowest BCUT2D eigenvalue weighted by Gasteiger charge is -2.37. The Kier molecular flexibility index (Phi) is 5.49. The van der Waals surface area contributed by atoms with Crippen LogP contribution in [0.3, 0.4) is 0 Å². The van der Waals surface area contributed by atoms with Gasteiger partial charge >= 0.3 is 6.03 Å². The Morgan fingerprint density at radius 2 is 2.23 bits per heavy atom. The lowest BCUT2D eigenvalue weighted by molar-refractivity contribution is 0.200. The number of nitrogens with two attached hydrogens (primary N) is 1. The fourth-order valence-corrected chi connectivity index (χ4v) is 3.00. The number of amides is 2. The van der Waals surface area contributed by atoms with Crippen LogP contribution in [0.2, 0.25) is 0 Å². The molecule has 6 heteroatoms. The molecule has 1 heterocycles. The van der Waals surface area contributed by atoms with Crippen LogP contribution in [0.15, 0.2) is 18.2 Å². The molecule has 2 rings (SSSR count). The van der Waals surface area contributed by atoms with Crippen LogP contribution in [0.1, 0.15) is 24.8 Å². The number of carbonyl (C=O) groups excluding carboxylic acids is 1. The summed E-state index contributed by atoms with van der Waals surface area (Å²) in [5.41, 5.74) is 6.43. The second-order valence-electron chi connectivity index (χ2n) is 5.62. The van der Waals surface area contributed by atoms with Crippen LogP contribution in [-0.2, 0) is 0 Å². The van der Waals surface area contributed by atoms with Crippen LogP contribution in [-0.4, -0.2) is 50.8 Å². The predicted octanol–water partition coefficient (Wildman–Crippen LogP) is 1.55. The van der Waals surface area contributed by atoms with Crippen molar-refractivity contribution < 1.29 is 14.3 Å². The largest absolute Gasteiger partial charge is 0.493 e. The van der Waals surface area contributed by atoms with Crippen molar-refractivity contribution in [3.8, 4) is 11.5 Å². The summed E-state index contributed by atoms with van der Waals surface area (Å²) in [7, 11) is 3.71. The fraction of sp³-hybridized carbons (Fsp3) is 0.562. The molecule has 0 aromatic heterocycles. The van der Waals surface area contributed by atoms with Gasteiger partial charge in [0.2, 0.25) is 0 Å². The number of piperidine rings is 1. The van der Waals surface area contributed by atoms with Crippen LogP contribution >= 0.6 is 0 Å². The van der Waals surface area contributed by atoms with Gasteiger partial charge in [-0.2, -0.15) is 0 Å². The summed E-state index contributed by atoms with van der Waals surface area (Å²) >= 11 is 0. The summed E-state index contributed by atoms with van der Waals surface area (Å²) in [5.74, 6) is 1.62. The molecule has 1 aliphatic rings. The SMILES string of the molecule is CCOc1cc([C@H]2CN(C)CC[C@H]2NC(N)=O)ccc1OC. The first kappa shape index (κ1) is 16.4. The van der Waals surface area contributed by atoms with E-state index in [2.05, 4.69) is 17.3 Å². The van der Waals surface area contributed by atoms with E-state index in [9.17, 15) is 4.79 Å². The van der Waals surface area contributed by atoms with E-state index in [1.807, 2.05) is 25.1 Å². The van der Waals surface area contributed by atoms with E-state index in [1.165, 1.54) is 0 Å². The second-order valence-corrected chi connectivity index (χ2v) is 5.62. The van der Waals surface area contributed by atoms with Gasteiger partial charge in [-0.15, -0.1) is 0 Å². The zero-order valence-corrected chi connectivity index (χ0v) is 13.5. The molecule has 0 radical (unpaired) electrons. The molecule has 1 aliphatic heterocycles. The zero-order chi connectivity index (χ0) is 16.1. The maximum atomic E-state index is 11.2. The molecule has 0 aliphatic carbocycles. The van der Waals surface area contributed by atoms with Gasteiger partial charge in [0.1, 0.15) is 0 Å². The summed E-state index contributed by atoms with van der Waals surface area (Å²) < 4.78 is 11.0. The average Bonchev–Trinajstić information content (AvgIpc) is 2.49. The second kappa shape index (κ2) is 7.35. The number of hydrogen-bond acceptors (Lipinski definition) is 4. The minimum absolute atomic E-state index is 0.0385. The number of benzene rings is 1. The Hall–Kier alpha value is -1.95. The molecule has 1 saturated heterocycles. The van der Waals surface area contributed by atoms with Gasteiger partial charge in [0.25, 0.3) is 0 Å². The molecule has 1 fully saturated rings. The molecule has 2 atom stereocenters. The van der Waals surface area contributed by atoms with Crippen molar-refractivity contribution in [2.75, 3.05) is 33.9 Å². The normalized spacial score (nSPS) is 22.1. The van der Waals surface area contributed by atoms with Crippen molar-refractivity contribution in [1.29, 1.82) is 0 Å². The number of ether oxygens (including phenoxy) is 2. The van der Waals surface area contributed by atoms with E-state index in [0.717, 1.165) is 30.8 Å². The molecule has 0 spiro atoms. The van der Waals surface area contributed by atoms with E-state index in [-0.39, 0.29) is 12.0 Å². The lowest BCUT2D eigenvalue weighted by atomic mass is 9.86. The van der Waals surface area contributed by atoms with Crippen LogP contribution in [0.4, 0.5) is 4.79 Å². The molecular formula is C16H25N3O3. The van der Waals surface area contributed by atoms with Crippen molar-refractivity contribution in [1.82, 2.24) is 10.2 Å². The molecule has 0 unspecified atom stereocenters. The Labute approximate surface area is 131 Å². The number of hydrogen-bond donors (Lipinski definition) is 2. The average molecular weight is 307 g/mol. The quantitative estimate of drug-likeness (QED) is 0.865. The van der Waals surface area contributed by atoms with Gasteiger partial charge < -0.3 is 25.4 Å². The molecule has 2 amide bonds. The predicted molar refractivity (Wildman–Crippen MR) is 85.5 cm³/mol. The number of carbonyl (C=O) groups is 1. The standard InChI is InChI=1S/C16H25N3O3/c1-4-22-15-9-11(5-6-14(15)21-3)12-10-19(2)8-7-13(12)18-16(17)20/h5-6,9,12-13H,4,7-8,10H2,1-3H3,(H3,17,18,20)/t12-,13-/m1/s1. The van der Waals surface area contributed by atoms with Crippen LogP contribution < -0.4 is 20.5 Å². The highest BCUT2D eigenvalue weighted by Gasteiger charge is 2.30. The van der Waals surface area contributed by atoms with E-state index in [4.69, 9.17) is 15.2 Å². The minimum atomic E-state index is -0.474. The number of methoxy groups -OCH3 is 1. The highest BCUT2D eigenvalue weighted by Crippen LogP contribution is 2.34. The number of likely N-dealkylation sites (N-methyl/N-ethyl adjacent to an activating group) is 1. The topological polar surface area (TPSA) is 76.8 Å². The summed E-state index contributed by atoms with van der Waals surface area (Å²) in [5, 5.41) is 2.87. The highest BCUT2D eigenvalue weighted by atomic mass is 16.5. The Bertz CT molecular complexity index is 521. The van der Waals surface area contributed by atoms with Crippen molar-refractivity contribution in [3.63, 3.8) is 0 Å². The number of nitrogens with zero attached hydrogens (tertiary/aromatic N) is 1. The first-order chi connectivity index (χ1) is 10.5. The maximum absolute atomic E-state index is 11.2. The van der Waals surface area contributed by atoms with Gasteiger partial charge in [-0.25, -0.2) is 4.79 Å². The van der Waals surface area contributed by atoms with Crippen molar-refractivity contribution >= 4 is 6.03 Å². The zero-order valence-electron chi connectivity index (χ0n) is 13.5. The van der Waals surface area contributed by atoms with Gasteiger partial charge in [-0.05, 0) is 44.6 Å². The summed E-state index contributed by atoms with van der Waals surface area (Å²) in [6, 6.07) is 5.51. The maximum Gasteiger partial charge on any atom is 0.312 e. The minimum Gasteiger partial charge on any atom is -0.493 e. The Morgan fingerprint density at radius 1 is 1.45 bits per heavy atom. The molecule has 122 valence electrons. The van der Waals surface area contributed by atoms with E-state index < -0.39 is 6.03 Å². The van der Waals surface area contributed by atoms with E-state index >= 15 is 0 Å². The van der Waals surface area contributed by atoms with Gasteiger partial charge in [0, 0.05) is 18.5 Å². The summed E-state index contributed by atoms with van der Waals surface area (Å²) in [6.07, 6.45) is 0.875. The summed E-state index contributed by atoms with van der Waals surface area (Å²) in [4.78, 5) is 13.5. The molecule has 6 nitrogen and oxygen atoms in total. The molecular weight excluding hydrogens is 282 g/mol. The third-order valence-corrected chi connectivity index (χ3v) is 4.06.